The van der Waals surface area contributed by atoms with Crippen molar-refractivity contribution in [3.8, 4) is 17.1 Å². The first kappa shape index (κ1) is 11.7. The number of fused-ring (bicyclic) bond motifs is 1. The summed E-state index contributed by atoms with van der Waals surface area (Å²) < 4.78 is 5.31. The average Bonchev–Trinajstić information content (AvgIpc) is 2.47. The molecule has 3 aromatic rings. The molecule has 94 valence electrons. The number of ether oxygens (including phenoxy) is 1. The summed E-state index contributed by atoms with van der Waals surface area (Å²) in [6.45, 7) is 2.11. The van der Waals surface area contributed by atoms with E-state index in [0.717, 1.165) is 16.6 Å². The van der Waals surface area contributed by atoms with E-state index in [0.29, 0.717) is 5.88 Å². The number of hydrogen-bond donors (Lipinski definition) is 0. The van der Waals surface area contributed by atoms with Crippen molar-refractivity contribution >= 4 is 10.8 Å². The average molecular weight is 249 g/mol. The second-order valence-electron chi connectivity index (χ2n) is 4.55. The first-order valence-corrected chi connectivity index (χ1v) is 6.29. The summed E-state index contributed by atoms with van der Waals surface area (Å²) in [4.78, 5) is 4.63. The SMILES string of the molecule is COc1cc2cccc(C)c2c(-c2ccccc2)n1. The summed E-state index contributed by atoms with van der Waals surface area (Å²) >= 11 is 0. The molecule has 0 bridgehead atoms. The zero-order valence-corrected chi connectivity index (χ0v) is 11.1. The largest absolute Gasteiger partial charge is 0.481 e. The van der Waals surface area contributed by atoms with Crippen molar-refractivity contribution < 1.29 is 4.74 Å². The smallest absolute Gasteiger partial charge is 0.214 e. The van der Waals surface area contributed by atoms with Gasteiger partial charge < -0.3 is 4.74 Å². The number of nitrogens with zero attached hydrogens (tertiary/aromatic N) is 1. The van der Waals surface area contributed by atoms with E-state index in [1.54, 1.807) is 7.11 Å². The van der Waals surface area contributed by atoms with E-state index < -0.39 is 0 Å². The molecule has 2 heteroatoms. The quantitative estimate of drug-likeness (QED) is 0.678. The molecule has 0 N–H and O–H groups in total. The lowest BCUT2D eigenvalue weighted by Gasteiger charge is -2.11. The van der Waals surface area contributed by atoms with Gasteiger partial charge >= 0.3 is 0 Å². The van der Waals surface area contributed by atoms with Crippen molar-refractivity contribution in [2.24, 2.45) is 0 Å². The Labute approximate surface area is 112 Å². The molecule has 0 fully saturated rings. The van der Waals surface area contributed by atoms with Crippen LogP contribution in [0.3, 0.4) is 0 Å². The Morgan fingerprint density at radius 3 is 2.47 bits per heavy atom. The van der Waals surface area contributed by atoms with Gasteiger partial charge in [0.25, 0.3) is 0 Å². The third-order valence-corrected chi connectivity index (χ3v) is 3.30. The van der Waals surface area contributed by atoms with Gasteiger partial charge in [-0.2, -0.15) is 0 Å². The molecule has 0 amide bonds. The Hall–Kier alpha value is -2.35. The van der Waals surface area contributed by atoms with E-state index in [4.69, 9.17) is 4.74 Å². The summed E-state index contributed by atoms with van der Waals surface area (Å²) in [5.74, 6) is 0.650. The molecular formula is C17H15NO. The van der Waals surface area contributed by atoms with Gasteiger partial charge in [0.05, 0.1) is 12.8 Å². The van der Waals surface area contributed by atoms with Gasteiger partial charge in [0, 0.05) is 17.0 Å². The molecular weight excluding hydrogens is 234 g/mol. The van der Waals surface area contributed by atoms with Crippen molar-refractivity contribution in [2.45, 2.75) is 6.92 Å². The molecule has 0 saturated carbocycles. The Morgan fingerprint density at radius 1 is 0.947 bits per heavy atom. The molecule has 0 aliphatic heterocycles. The van der Waals surface area contributed by atoms with Crippen molar-refractivity contribution in [2.75, 3.05) is 7.11 Å². The minimum absolute atomic E-state index is 0.650. The molecule has 0 saturated heterocycles. The molecule has 0 unspecified atom stereocenters. The van der Waals surface area contributed by atoms with Crippen LogP contribution in [0.5, 0.6) is 5.88 Å². The molecule has 1 heterocycles. The third kappa shape index (κ3) is 2.06. The summed E-state index contributed by atoms with van der Waals surface area (Å²) in [5.41, 5.74) is 3.32. The van der Waals surface area contributed by atoms with Gasteiger partial charge in [-0.25, -0.2) is 4.98 Å². The molecule has 0 spiro atoms. The second kappa shape index (κ2) is 4.73. The summed E-state index contributed by atoms with van der Waals surface area (Å²) in [5, 5.41) is 2.35. The lowest BCUT2D eigenvalue weighted by molar-refractivity contribution is 0.399. The van der Waals surface area contributed by atoms with Crippen molar-refractivity contribution in [1.29, 1.82) is 0 Å². The van der Waals surface area contributed by atoms with Crippen molar-refractivity contribution in [1.82, 2.24) is 4.98 Å². The van der Waals surface area contributed by atoms with Crippen LogP contribution in [0.2, 0.25) is 0 Å². The minimum Gasteiger partial charge on any atom is -0.481 e. The fourth-order valence-corrected chi connectivity index (χ4v) is 2.38. The maximum atomic E-state index is 5.31. The monoisotopic (exact) mass is 249 g/mol. The van der Waals surface area contributed by atoms with Crippen LogP contribution >= 0.6 is 0 Å². The Morgan fingerprint density at radius 2 is 1.74 bits per heavy atom. The Bertz CT molecular complexity index is 720. The lowest BCUT2D eigenvalue weighted by Crippen LogP contribution is -1.93. The highest BCUT2D eigenvalue weighted by Gasteiger charge is 2.10. The van der Waals surface area contributed by atoms with Crippen LogP contribution in [0.4, 0.5) is 0 Å². The van der Waals surface area contributed by atoms with Crippen molar-refractivity contribution in [3.05, 3.63) is 60.2 Å². The van der Waals surface area contributed by atoms with Crippen LogP contribution in [0, 0.1) is 6.92 Å². The van der Waals surface area contributed by atoms with Gasteiger partial charge in [-0.15, -0.1) is 0 Å². The number of rotatable bonds is 2. The summed E-state index contributed by atoms with van der Waals surface area (Å²) in [7, 11) is 1.65. The standard InChI is InChI=1S/C17H15NO/c1-12-7-6-10-14-11-15(19-2)18-17(16(12)14)13-8-4-3-5-9-13/h3-11H,1-2H3. The van der Waals surface area contributed by atoms with Crippen molar-refractivity contribution in [3.63, 3.8) is 0 Å². The first-order chi connectivity index (χ1) is 9.29. The van der Waals surface area contributed by atoms with E-state index in [1.165, 1.54) is 10.9 Å². The number of hydrogen-bond acceptors (Lipinski definition) is 2. The highest BCUT2D eigenvalue weighted by molar-refractivity contribution is 5.97. The van der Waals surface area contributed by atoms with Gasteiger partial charge in [0.2, 0.25) is 5.88 Å². The zero-order chi connectivity index (χ0) is 13.2. The Balaban J connectivity index is 2.39. The zero-order valence-electron chi connectivity index (χ0n) is 11.1. The van der Waals surface area contributed by atoms with E-state index in [1.807, 2.05) is 24.3 Å². The van der Waals surface area contributed by atoms with Crippen LogP contribution < -0.4 is 4.74 Å². The van der Waals surface area contributed by atoms with Crippen LogP contribution in [-0.2, 0) is 0 Å². The van der Waals surface area contributed by atoms with Crippen LogP contribution in [0.25, 0.3) is 22.0 Å². The second-order valence-corrected chi connectivity index (χ2v) is 4.55. The normalized spacial score (nSPS) is 10.6. The highest BCUT2D eigenvalue weighted by atomic mass is 16.5. The number of methoxy groups -OCH3 is 1. The number of pyridine rings is 1. The van der Waals surface area contributed by atoms with E-state index in [9.17, 15) is 0 Å². The third-order valence-electron chi connectivity index (χ3n) is 3.30. The molecule has 0 atom stereocenters. The summed E-state index contributed by atoms with van der Waals surface area (Å²) in [6, 6.07) is 18.5. The van der Waals surface area contributed by atoms with Gasteiger partial charge in [0.1, 0.15) is 0 Å². The lowest BCUT2D eigenvalue weighted by atomic mass is 10.00. The maximum absolute atomic E-state index is 5.31. The first-order valence-electron chi connectivity index (χ1n) is 6.29. The Kier molecular flexibility index (Phi) is 2.92. The molecule has 2 aromatic carbocycles. The van der Waals surface area contributed by atoms with Gasteiger partial charge in [-0.3, -0.25) is 0 Å². The molecule has 0 radical (unpaired) electrons. The van der Waals surface area contributed by atoms with Gasteiger partial charge in [-0.1, -0.05) is 48.5 Å². The fraction of sp³-hybridized carbons (Fsp3) is 0.118. The fourth-order valence-electron chi connectivity index (χ4n) is 2.38. The number of aryl methyl sites for hydroxylation is 1. The molecule has 2 nitrogen and oxygen atoms in total. The van der Waals surface area contributed by atoms with Crippen LogP contribution in [0.15, 0.2) is 54.6 Å². The van der Waals surface area contributed by atoms with E-state index >= 15 is 0 Å². The van der Waals surface area contributed by atoms with Gasteiger partial charge in [0.15, 0.2) is 0 Å². The molecule has 19 heavy (non-hydrogen) atoms. The summed E-state index contributed by atoms with van der Waals surface area (Å²) in [6.07, 6.45) is 0. The van der Waals surface area contributed by atoms with Gasteiger partial charge in [-0.05, 0) is 17.9 Å². The van der Waals surface area contributed by atoms with Crippen LogP contribution in [0.1, 0.15) is 5.56 Å². The van der Waals surface area contributed by atoms with E-state index in [-0.39, 0.29) is 0 Å². The molecule has 0 aliphatic rings. The molecule has 3 rings (SSSR count). The molecule has 0 aliphatic carbocycles. The number of benzene rings is 2. The highest BCUT2D eigenvalue weighted by Crippen LogP contribution is 2.31. The van der Waals surface area contributed by atoms with E-state index in [2.05, 4.69) is 42.2 Å². The topological polar surface area (TPSA) is 22.1 Å². The molecule has 1 aromatic heterocycles. The predicted octanol–water partition coefficient (Wildman–Crippen LogP) is 4.22. The van der Waals surface area contributed by atoms with Crippen LogP contribution in [-0.4, -0.2) is 12.1 Å². The predicted molar refractivity (Wildman–Crippen MR) is 78.5 cm³/mol. The maximum Gasteiger partial charge on any atom is 0.214 e. The number of aromatic nitrogens is 1. The minimum atomic E-state index is 0.650.